The average molecular weight is 250 g/mol. The SMILES string of the molecule is CS(=O)CCCNc1nnc2ccccc2n1. The van der Waals surface area contributed by atoms with Crippen LogP contribution >= 0.6 is 0 Å². The van der Waals surface area contributed by atoms with Crippen LogP contribution in [0.3, 0.4) is 0 Å². The van der Waals surface area contributed by atoms with E-state index in [1.165, 1.54) is 0 Å². The number of hydrogen-bond donors (Lipinski definition) is 1. The van der Waals surface area contributed by atoms with E-state index in [1.54, 1.807) is 6.26 Å². The summed E-state index contributed by atoms with van der Waals surface area (Å²) in [5.41, 5.74) is 1.61. The van der Waals surface area contributed by atoms with Gasteiger partial charge < -0.3 is 5.32 Å². The molecule has 1 unspecified atom stereocenters. The highest BCUT2D eigenvalue weighted by molar-refractivity contribution is 7.84. The highest BCUT2D eigenvalue weighted by Gasteiger charge is 2.00. The van der Waals surface area contributed by atoms with Crippen molar-refractivity contribution in [1.82, 2.24) is 15.2 Å². The lowest BCUT2D eigenvalue weighted by molar-refractivity contribution is 0.685. The van der Waals surface area contributed by atoms with Gasteiger partial charge >= 0.3 is 0 Å². The Bertz CT molecular complexity index is 532. The summed E-state index contributed by atoms with van der Waals surface area (Å²) in [7, 11) is -0.742. The first-order valence-electron chi connectivity index (χ1n) is 5.39. The third kappa shape index (κ3) is 3.45. The molecule has 1 aromatic carbocycles. The smallest absolute Gasteiger partial charge is 0.243 e. The topological polar surface area (TPSA) is 67.8 Å². The summed E-state index contributed by atoms with van der Waals surface area (Å²) < 4.78 is 10.9. The molecule has 90 valence electrons. The second kappa shape index (κ2) is 5.67. The monoisotopic (exact) mass is 250 g/mol. The molecule has 0 bridgehead atoms. The first-order valence-corrected chi connectivity index (χ1v) is 7.12. The van der Waals surface area contributed by atoms with E-state index in [9.17, 15) is 4.21 Å². The number of benzene rings is 1. The Hall–Kier alpha value is -1.56. The van der Waals surface area contributed by atoms with Crippen molar-refractivity contribution in [2.45, 2.75) is 6.42 Å². The van der Waals surface area contributed by atoms with Gasteiger partial charge in [0, 0.05) is 29.4 Å². The molecule has 1 atom stereocenters. The van der Waals surface area contributed by atoms with Gasteiger partial charge in [0.1, 0.15) is 5.52 Å². The molecule has 0 saturated heterocycles. The number of anilines is 1. The number of nitrogens with one attached hydrogen (secondary N) is 1. The van der Waals surface area contributed by atoms with Gasteiger partial charge in [-0.2, -0.15) is 0 Å². The standard InChI is InChI=1S/C11H14N4OS/c1-17(16)8-4-7-12-11-13-9-5-2-3-6-10(9)14-15-11/h2-3,5-6H,4,7-8H2,1H3,(H,12,13,15). The van der Waals surface area contributed by atoms with E-state index in [4.69, 9.17) is 0 Å². The average Bonchev–Trinajstić information content (AvgIpc) is 2.34. The van der Waals surface area contributed by atoms with Crippen LogP contribution in [-0.4, -0.2) is 37.9 Å². The van der Waals surface area contributed by atoms with E-state index in [0.29, 0.717) is 18.2 Å². The number of fused-ring (bicyclic) bond motifs is 1. The summed E-state index contributed by atoms with van der Waals surface area (Å²) in [6.07, 6.45) is 2.54. The van der Waals surface area contributed by atoms with E-state index in [1.807, 2.05) is 24.3 Å². The fourth-order valence-corrected chi connectivity index (χ4v) is 1.98. The normalized spacial score (nSPS) is 12.5. The second-order valence-corrected chi connectivity index (χ2v) is 5.24. The number of nitrogens with zero attached hydrogens (tertiary/aromatic N) is 3. The highest BCUT2D eigenvalue weighted by atomic mass is 32.2. The Balaban J connectivity index is 1.97. The molecule has 5 nitrogen and oxygen atoms in total. The minimum Gasteiger partial charge on any atom is -0.353 e. The summed E-state index contributed by atoms with van der Waals surface area (Å²) in [5, 5.41) is 11.1. The van der Waals surface area contributed by atoms with Gasteiger partial charge in [0.15, 0.2) is 0 Å². The lowest BCUT2D eigenvalue weighted by Crippen LogP contribution is -2.09. The molecule has 0 spiro atoms. The molecule has 2 rings (SSSR count). The molecule has 0 aliphatic carbocycles. The Morgan fingerprint density at radius 2 is 2.00 bits per heavy atom. The number of para-hydroxylation sites is 1. The van der Waals surface area contributed by atoms with Gasteiger partial charge in [0.25, 0.3) is 0 Å². The van der Waals surface area contributed by atoms with Crippen molar-refractivity contribution in [2.75, 3.05) is 23.9 Å². The quantitative estimate of drug-likeness (QED) is 0.808. The predicted octanol–water partition coefficient (Wildman–Crippen LogP) is 1.21. The lowest BCUT2D eigenvalue weighted by Gasteiger charge is -2.03. The van der Waals surface area contributed by atoms with Crippen LogP contribution in [0, 0.1) is 0 Å². The Labute approximate surface area is 102 Å². The summed E-state index contributed by atoms with van der Waals surface area (Å²) in [4.78, 5) is 4.33. The van der Waals surface area contributed by atoms with Crippen LogP contribution in [0.4, 0.5) is 5.95 Å². The van der Waals surface area contributed by atoms with Crippen molar-refractivity contribution >= 4 is 27.8 Å². The van der Waals surface area contributed by atoms with Crippen LogP contribution in [0.15, 0.2) is 24.3 Å². The summed E-state index contributed by atoms with van der Waals surface area (Å²) in [6.45, 7) is 0.708. The molecular weight excluding hydrogens is 236 g/mol. The zero-order valence-electron chi connectivity index (χ0n) is 9.59. The first kappa shape index (κ1) is 11.9. The van der Waals surface area contributed by atoms with Gasteiger partial charge in [-0.25, -0.2) is 4.98 Å². The lowest BCUT2D eigenvalue weighted by atomic mass is 10.3. The molecule has 0 aliphatic rings. The van der Waals surface area contributed by atoms with Gasteiger partial charge in [-0.3, -0.25) is 4.21 Å². The first-order chi connectivity index (χ1) is 8.25. The third-order valence-corrected chi connectivity index (χ3v) is 3.12. The maximum atomic E-state index is 10.9. The van der Waals surface area contributed by atoms with Crippen LogP contribution in [0.5, 0.6) is 0 Å². The van der Waals surface area contributed by atoms with Crippen LogP contribution in [0.1, 0.15) is 6.42 Å². The largest absolute Gasteiger partial charge is 0.353 e. The molecule has 2 aromatic rings. The van der Waals surface area contributed by atoms with Gasteiger partial charge in [-0.15, -0.1) is 10.2 Å². The molecule has 1 heterocycles. The van der Waals surface area contributed by atoms with Crippen molar-refractivity contribution < 1.29 is 4.21 Å². The van der Waals surface area contributed by atoms with Crippen LogP contribution in [0.2, 0.25) is 0 Å². The van der Waals surface area contributed by atoms with Gasteiger partial charge in [-0.05, 0) is 18.6 Å². The number of aromatic nitrogens is 3. The molecular formula is C11H14N4OS. The second-order valence-electron chi connectivity index (χ2n) is 3.68. The molecule has 0 fully saturated rings. The van der Waals surface area contributed by atoms with E-state index >= 15 is 0 Å². The zero-order chi connectivity index (χ0) is 12.1. The predicted molar refractivity (Wildman–Crippen MR) is 69.4 cm³/mol. The van der Waals surface area contributed by atoms with Crippen molar-refractivity contribution in [3.63, 3.8) is 0 Å². The molecule has 17 heavy (non-hydrogen) atoms. The molecule has 6 heteroatoms. The molecule has 0 aliphatic heterocycles. The van der Waals surface area contributed by atoms with E-state index in [-0.39, 0.29) is 0 Å². The maximum absolute atomic E-state index is 10.9. The minimum absolute atomic E-state index is 0.519. The van der Waals surface area contributed by atoms with E-state index < -0.39 is 10.8 Å². The maximum Gasteiger partial charge on any atom is 0.243 e. The molecule has 0 saturated carbocycles. The van der Waals surface area contributed by atoms with Crippen LogP contribution in [0.25, 0.3) is 11.0 Å². The minimum atomic E-state index is -0.742. The number of hydrogen-bond acceptors (Lipinski definition) is 5. The molecule has 1 aromatic heterocycles. The van der Waals surface area contributed by atoms with Crippen molar-refractivity contribution in [3.8, 4) is 0 Å². The fraction of sp³-hybridized carbons (Fsp3) is 0.364. The highest BCUT2D eigenvalue weighted by Crippen LogP contribution is 2.08. The van der Waals surface area contributed by atoms with E-state index in [0.717, 1.165) is 17.5 Å². The van der Waals surface area contributed by atoms with Gasteiger partial charge in [0.05, 0.1) is 5.52 Å². The van der Waals surface area contributed by atoms with Crippen molar-refractivity contribution in [1.29, 1.82) is 0 Å². The fourth-order valence-electron chi connectivity index (χ4n) is 1.43. The summed E-state index contributed by atoms with van der Waals surface area (Å²) in [5.74, 6) is 1.21. The molecule has 0 amide bonds. The summed E-state index contributed by atoms with van der Waals surface area (Å²) >= 11 is 0. The van der Waals surface area contributed by atoms with E-state index in [2.05, 4.69) is 20.5 Å². The Kier molecular flexibility index (Phi) is 3.98. The number of rotatable bonds is 5. The van der Waals surface area contributed by atoms with Crippen LogP contribution in [-0.2, 0) is 10.8 Å². The Morgan fingerprint density at radius 3 is 2.76 bits per heavy atom. The van der Waals surface area contributed by atoms with Crippen molar-refractivity contribution in [2.24, 2.45) is 0 Å². The molecule has 1 N–H and O–H groups in total. The van der Waals surface area contributed by atoms with Crippen LogP contribution < -0.4 is 5.32 Å². The Morgan fingerprint density at radius 1 is 1.24 bits per heavy atom. The van der Waals surface area contributed by atoms with Crippen molar-refractivity contribution in [3.05, 3.63) is 24.3 Å². The van der Waals surface area contributed by atoms with Gasteiger partial charge in [0.2, 0.25) is 5.95 Å². The summed E-state index contributed by atoms with van der Waals surface area (Å²) in [6, 6.07) is 7.60. The molecule has 0 radical (unpaired) electrons. The van der Waals surface area contributed by atoms with Gasteiger partial charge in [-0.1, -0.05) is 12.1 Å². The third-order valence-electron chi connectivity index (χ3n) is 2.25. The zero-order valence-corrected chi connectivity index (χ0v) is 10.4.